The summed E-state index contributed by atoms with van der Waals surface area (Å²) in [4.78, 5) is 25.0. The van der Waals surface area contributed by atoms with Crippen molar-refractivity contribution in [1.29, 1.82) is 0 Å². The molecule has 0 aliphatic rings. The molecule has 76 valence electrons. The summed E-state index contributed by atoms with van der Waals surface area (Å²) in [5, 5.41) is 2.02. The van der Waals surface area contributed by atoms with Crippen molar-refractivity contribution in [1.82, 2.24) is 0 Å². The van der Waals surface area contributed by atoms with E-state index >= 15 is 0 Å². The highest BCUT2D eigenvalue weighted by atomic mass is 32.1. The van der Waals surface area contributed by atoms with Gasteiger partial charge in [0.2, 0.25) is 0 Å². The van der Waals surface area contributed by atoms with E-state index in [1.54, 1.807) is 0 Å². The molecular formula is C7H15N2O3S+. The van der Waals surface area contributed by atoms with E-state index in [0.29, 0.717) is 11.0 Å². The fraction of sp³-hybridized carbons (Fsp3) is 0.857. The Bertz CT molecular complexity index is 191. The Labute approximate surface area is 83.0 Å². The van der Waals surface area contributed by atoms with Crippen LogP contribution in [0.2, 0.25) is 0 Å². The maximum Gasteiger partial charge on any atom is 0.189 e. The number of rotatable bonds is 6. The molecule has 0 amide bonds. The summed E-state index contributed by atoms with van der Waals surface area (Å²) in [5.74, 6) is 0. The van der Waals surface area contributed by atoms with E-state index in [2.05, 4.69) is 22.8 Å². The van der Waals surface area contributed by atoms with Crippen LogP contribution in [0.15, 0.2) is 5.34 Å². The Kier molecular flexibility index (Phi) is 4.94. The highest BCUT2D eigenvalue weighted by Crippen LogP contribution is 2.06. The second kappa shape index (κ2) is 5.18. The molecule has 0 aliphatic heterocycles. The number of quaternary nitrogens is 1. The van der Waals surface area contributed by atoms with Gasteiger partial charge in [-0.3, -0.25) is 4.79 Å². The van der Waals surface area contributed by atoms with E-state index in [9.17, 15) is 9.70 Å². The number of likely N-dealkylation sites (N-methyl/N-ethyl adjacent to an activating group) is 1. The largest absolute Gasteiger partial charge is 0.354 e. The predicted molar refractivity (Wildman–Crippen MR) is 52.2 cm³/mol. The molecule has 0 aromatic carbocycles. The lowest BCUT2D eigenvalue weighted by Crippen LogP contribution is -2.42. The van der Waals surface area contributed by atoms with Crippen LogP contribution in [0.4, 0.5) is 0 Å². The van der Waals surface area contributed by atoms with Gasteiger partial charge in [0, 0.05) is 0 Å². The van der Waals surface area contributed by atoms with Gasteiger partial charge in [-0.25, -0.2) is 0 Å². The van der Waals surface area contributed by atoms with Crippen LogP contribution in [0.3, 0.4) is 0 Å². The first-order chi connectivity index (χ1) is 5.85. The number of carbonyl (C=O) groups is 1. The molecule has 1 unspecified atom stereocenters. The van der Waals surface area contributed by atoms with E-state index in [1.165, 1.54) is 0 Å². The summed E-state index contributed by atoms with van der Waals surface area (Å²) in [5.41, 5.74) is 0. The van der Waals surface area contributed by atoms with Gasteiger partial charge in [-0.15, -0.1) is 17.5 Å². The predicted octanol–water partition coefficient (Wildman–Crippen LogP) is 0.606. The Morgan fingerprint density at radius 1 is 1.54 bits per heavy atom. The number of hydrogen-bond donors (Lipinski definition) is 1. The molecule has 0 saturated carbocycles. The van der Waals surface area contributed by atoms with Crippen molar-refractivity contribution in [2.24, 2.45) is 5.34 Å². The van der Waals surface area contributed by atoms with Crippen molar-refractivity contribution in [2.75, 3.05) is 27.7 Å². The SMILES string of the molecule is C[N+](C)(C)CC(CC(=O)S)ON=O. The van der Waals surface area contributed by atoms with Crippen molar-refractivity contribution in [2.45, 2.75) is 12.5 Å². The third-order valence-electron chi connectivity index (χ3n) is 1.35. The normalized spacial score (nSPS) is 13.5. The molecule has 1 atom stereocenters. The minimum absolute atomic E-state index is 0.102. The van der Waals surface area contributed by atoms with Crippen LogP contribution in [0.25, 0.3) is 0 Å². The Morgan fingerprint density at radius 2 is 2.08 bits per heavy atom. The van der Waals surface area contributed by atoms with Crippen LogP contribution >= 0.6 is 12.6 Å². The van der Waals surface area contributed by atoms with Gasteiger partial charge in [-0.05, 0) is 0 Å². The standard InChI is InChI=1S/C7H14N2O3S/c1-9(2,3)5-6(12-8-11)4-7(10)13/h6H,4-5H2,1-3H3/p+1. The lowest BCUT2D eigenvalue weighted by molar-refractivity contribution is -0.873. The van der Waals surface area contributed by atoms with E-state index in [4.69, 9.17) is 0 Å². The molecule has 0 aliphatic carbocycles. The third kappa shape index (κ3) is 7.73. The molecule has 0 spiro atoms. The molecule has 0 aromatic rings. The van der Waals surface area contributed by atoms with Crippen molar-refractivity contribution in [3.05, 3.63) is 4.91 Å². The summed E-state index contributed by atoms with van der Waals surface area (Å²) in [7, 11) is 5.80. The van der Waals surface area contributed by atoms with Gasteiger partial charge in [-0.1, -0.05) is 0 Å². The molecular weight excluding hydrogens is 192 g/mol. The summed E-state index contributed by atoms with van der Waals surface area (Å²) in [6, 6.07) is 0. The van der Waals surface area contributed by atoms with Crippen LogP contribution < -0.4 is 0 Å². The monoisotopic (exact) mass is 207 g/mol. The smallest absolute Gasteiger partial charge is 0.189 e. The van der Waals surface area contributed by atoms with Crippen molar-refractivity contribution < 1.29 is 14.1 Å². The fourth-order valence-corrected chi connectivity index (χ4v) is 1.21. The maximum absolute atomic E-state index is 10.6. The first-order valence-corrected chi connectivity index (χ1v) is 4.30. The summed E-state index contributed by atoms with van der Waals surface area (Å²) < 4.78 is 0.598. The Balaban J connectivity index is 4.09. The van der Waals surface area contributed by atoms with Crippen LogP contribution in [0.5, 0.6) is 0 Å². The summed E-state index contributed by atoms with van der Waals surface area (Å²) in [6.45, 7) is 0.540. The molecule has 6 heteroatoms. The molecule has 0 saturated heterocycles. The average Bonchev–Trinajstić information content (AvgIpc) is 1.81. The fourth-order valence-electron chi connectivity index (χ4n) is 1.00. The van der Waals surface area contributed by atoms with Crippen molar-refractivity contribution in [3.8, 4) is 0 Å². The Hall–Kier alpha value is -0.620. The molecule has 0 radical (unpaired) electrons. The number of thiol groups is 1. The van der Waals surface area contributed by atoms with Crippen LogP contribution in [-0.4, -0.2) is 43.4 Å². The second-order valence-electron chi connectivity index (χ2n) is 3.87. The van der Waals surface area contributed by atoms with E-state index in [0.717, 1.165) is 0 Å². The molecule has 5 nitrogen and oxygen atoms in total. The lowest BCUT2D eigenvalue weighted by atomic mass is 10.2. The highest BCUT2D eigenvalue weighted by molar-refractivity contribution is 7.96. The van der Waals surface area contributed by atoms with Gasteiger partial charge in [-0.2, -0.15) is 0 Å². The number of carbonyl (C=O) groups excluding carboxylic acids is 1. The zero-order valence-electron chi connectivity index (χ0n) is 8.06. The van der Waals surface area contributed by atoms with E-state index in [1.807, 2.05) is 21.1 Å². The summed E-state index contributed by atoms with van der Waals surface area (Å²) in [6.07, 6.45) is -0.382. The van der Waals surface area contributed by atoms with E-state index in [-0.39, 0.29) is 11.5 Å². The maximum atomic E-state index is 10.6. The first-order valence-electron chi connectivity index (χ1n) is 3.86. The quantitative estimate of drug-likeness (QED) is 0.300. The van der Waals surface area contributed by atoms with Gasteiger partial charge in [0.05, 0.1) is 27.6 Å². The van der Waals surface area contributed by atoms with Crippen molar-refractivity contribution >= 4 is 17.7 Å². The molecule has 0 bridgehead atoms. The first kappa shape index (κ1) is 12.4. The second-order valence-corrected chi connectivity index (χ2v) is 4.37. The molecule has 13 heavy (non-hydrogen) atoms. The van der Waals surface area contributed by atoms with Gasteiger partial charge in [0.1, 0.15) is 6.54 Å². The van der Waals surface area contributed by atoms with Gasteiger partial charge >= 0.3 is 0 Å². The van der Waals surface area contributed by atoms with E-state index < -0.39 is 6.10 Å². The zero-order chi connectivity index (χ0) is 10.5. The molecule has 0 fully saturated rings. The molecule has 0 rings (SSSR count). The Morgan fingerprint density at radius 3 is 2.38 bits per heavy atom. The highest BCUT2D eigenvalue weighted by Gasteiger charge is 2.22. The lowest BCUT2D eigenvalue weighted by Gasteiger charge is -2.26. The molecule has 0 aromatic heterocycles. The third-order valence-corrected chi connectivity index (χ3v) is 1.53. The van der Waals surface area contributed by atoms with Crippen LogP contribution in [-0.2, 0) is 9.63 Å². The van der Waals surface area contributed by atoms with Gasteiger partial charge in [0.15, 0.2) is 16.6 Å². The molecule has 0 heterocycles. The minimum atomic E-state index is -0.484. The number of hydrogen-bond acceptors (Lipinski definition) is 4. The molecule has 0 N–H and O–H groups in total. The zero-order valence-corrected chi connectivity index (χ0v) is 8.95. The van der Waals surface area contributed by atoms with Gasteiger partial charge < -0.3 is 9.32 Å². The number of nitrogens with zero attached hydrogens (tertiary/aromatic N) is 2. The van der Waals surface area contributed by atoms with Crippen molar-refractivity contribution in [3.63, 3.8) is 0 Å². The van der Waals surface area contributed by atoms with Gasteiger partial charge in [0.25, 0.3) is 0 Å². The average molecular weight is 207 g/mol. The van der Waals surface area contributed by atoms with Crippen LogP contribution in [0.1, 0.15) is 6.42 Å². The van der Waals surface area contributed by atoms with Crippen LogP contribution in [0, 0.1) is 4.91 Å². The topological polar surface area (TPSA) is 55.7 Å². The summed E-state index contributed by atoms with van der Waals surface area (Å²) >= 11 is 3.61. The minimum Gasteiger partial charge on any atom is -0.354 e.